The number of rotatable bonds is 6. The van der Waals surface area contributed by atoms with E-state index in [-0.39, 0.29) is 5.56 Å². The largest absolute Gasteiger partial charge is 0.496 e. The average molecular weight is 269 g/mol. The fourth-order valence-electron chi connectivity index (χ4n) is 1.44. The van der Waals surface area contributed by atoms with Crippen LogP contribution in [0, 0.1) is 0 Å². The van der Waals surface area contributed by atoms with Gasteiger partial charge in [0, 0.05) is 0 Å². The molecule has 0 radical (unpaired) electrons. The quantitative estimate of drug-likeness (QED) is 0.665. The van der Waals surface area contributed by atoms with Crippen LogP contribution in [-0.2, 0) is 4.79 Å². The minimum absolute atomic E-state index is 0.144. The third-order valence-electron chi connectivity index (χ3n) is 2.40. The smallest absolute Gasteiger partial charge is 0.334 e. The number of carbonyl (C=O) groups is 2. The monoisotopic (exact) mass is 269 g/mol. The van der Waals surface area contributed by atoms with E-state index in [4.69, 9.17) is 19.7 Å². The summed E-state index contributed by atoms with van der Waals surface area (Å²) in [6, 6.07) is 4.80. The SMILES string of the molecule is COc1cccc(OC)c1C(=O)NCC(O)C(=O)O. The van der Waals surface area contributed by atoms with E-state index in [9.17, 15) is 9.59 Å². The van der Waals surface area contributed by atoms with Gasteiger partial charge in [0.2, 0.25) is 0 Å². The maximum atomic E-state index is 12.0. The molecule has 0 aliphatic carbocycles. The second-order valence-electron chi connectivity index (χ2n) is 3.60. The number of carboxylic acid groups (broad SMARTS) is 1. The van der Waals surface area contributed by atoms with Crippen molar-refractivity contribution in [1.29, 1.82) is 0 Å². The Hall–Kier alpha value is -2.28. The minimum Gasteiger partial charge on any atom is -0.496 e. The summed E-state index contributed by atoms with van der Waals surface area (Å²) in [7, 11) is 2.80. The average Bonchev–Trinajstić information content (AvgIpc) is 2.42. The molecular formula is C12H15NO6. The van der Waals surface area contributed by atoms with Gasteiger partial charge in [0.1, 0.15) is 17.1 Å². The normalized spacial score (nSPS) is 11.5. The van der Waals surface area contributed by atoms with Crippen LogP contribution in [0.1, 0.15) is 10.4 Å². The summed E-state index contributed by atoms with van der Waals surface area (Å²) < 4.78 is 10.1. The highest BCUT2D eigenvalue weighted by atomic mass is 16.5. The van der Waals surface area contributed by atoms with E-state index in [1.807, 2.05) is 0 Å². The molecule has 1 rings (SSSR count). The Balaban J connectivity index is 2.89. The maximum absolute atomic E-state index is 12.0. The van der Waals surface area contributed by atoms with Gasteiger partial charge in [-0.3, -0.25) is 4.79 Å². The van der Waals surface area contributed by atoms with Crippen LogP contribution in [-0.4, -0.2) is 49.0 Å². The number of ether oxygens (including phenoxy) is 2. The van der Waals surface area contributed by atoms with Crippen molar-refractivity contribution in [2.24, 2.45) is 0 Å². The van der Waals surface area contributed by atoms with Gasteiger partial charge in [-0.1, -0.05) is 6.07 Å². The number of aliphatic hydroxyl groups excluding tert-OH is 1. The summed E-state index contributed by atoms with van der Waals surface area (Å²) in [6.07, 6.45) is -1.66. The number of hydrogen-bond donors (Lipinski definition) is 3. The molecule has 0 fully saturated rings. The highest BCUT2D eigenvalue weighted by Crippen LogP contribution is 2.27. The number of methoxy groups -OCH3 is 2. The Labute approximate surface area is 109 Å². The molecule has 0 saturated carbocycles. The zero-order valence-corrected chi connectivity index (χ0v) is 10.5. The lowest BCUT2D eigenvalue weighted by Gasteiger charge is -2.13. The number of carbonyl (C=O) groups excluding carboxylic acids is 1. The van der Waals surface area contributed by atoms with Crippen molar-refractivity contribution in [1.82, 2.24) is 5.32 Å². The lowest BCUT2D eigenvalue weighted by Crippen LogP contribution is -2.36. The minimum atomic E-state index is -1.66. The molecule has 1 amide bonds. The highest BCUT2D eigenvalue weighted by Gasteiger charge is 2.20. The lowest BCUT2D eigenvalue weighted by atomic mass is 10.1. The summed E-state index contributed by atoms with van der Waals surface area (Å²) in [6.45, 7) is -0.407. The van der Waals surface area contributed by atoms with Gasteiger partial charge in [0.05, 0.1) is 20.8 Å². The van der Waals surface area contributed by atoms with Crippen LogP contribution >= 0.6 is 0 Å². The Morgan fingerprint density at radius 3 is 2.21 bits per heavy atom. The first-order valence-corrected chi connectivity index (χ1v) is 5.41. The number of nitrogens with one attached hydrogen (secondary N) is 1. The van der Waals surface area contributed by atoms with E-state index < -0.39 is 24.5 Å². The highest BCUT2D eigenvalue weighted by molar-refractivity contribution is 5.99. The Kier molecular flexibility index (Phi) is 5.13. The van der Waals surface area contributed by atoms with Gasteiger partial charge in [-0.05, 0) is 12.1 Å². The fraction of sp³-hybridized carbons (Fsp3) is 0.333. The Bertz CT molecular complexity index is 451. The predicted octanol–water partition coefficient (Wildman–Crippen LogP) is -0.121. The van der Waals surface area contributed by atoms with Gasteiger partial charge >= 0.3 is 5.97 Å². The summed E-state index contributed by atoms with van der Waals surface area (Å²) >= 11 is 0. The van der Waals surface area contributed by atoms with Crippen LogP contribution in [0.4, 0.5) is 0 Å². The van der Waals surface area contributed by atoms with Crippen molar-refractivity contribution in [2.75, 3.05) is 20.8 Å². The van der Waals surface area contributed by atoms with Gasteiger partial charge < -0.3 is 25.0 Å². The van der Waals surface area contributed by atoms with Crippen LogP contribution in [0.15, 0.2) is 18.2 Å². The molecule has 1 unspecified atom stereocenters. The van der Waals surface area contributed by atoms with Crippen molar-refractivity contribution < 1.29 is 29.3 Å². The molecule has 19 heavy (non-hydrogen) atoms. The van der Waals surface area contributed by atoms with E-state index in [1.165, 1.54) is 14.2 Å². The van der Waals surface area contributed by atoms with Gasteiger partial charge in [-0.15, -0.1) is 0 Å². The van der Waals surface area contributed by atoms with E-state index in [1.54, 1.807) is 18.2 Å². The second kappa shape index (κ2) is 6.60. The van der Waals surface area contributed by atoms with Crippen molar-refractivity contribution in [3.05, 3.63) is 23.8 Å². The Morgan fingerprint density at radius 2 is 1.79 bits per heavy atom. The molecule has 7 nitrogen and oxygen atoms in total. The summed E-state index contributed by atoms with van der Waals surface area (Å²) in [5, 5.41) is 19.9. The molecule has 1 aromatic carbocycles. The fourth-order valence-corrected chi connectivity index (χ4v) is 1.44. The van der Waals surface area contributed by atoms with Crippen molar-refractivity contribution in [3.8, 4) is 11.5 Å². The third kappa shape index (κ3) is 3.59. The summed E-state index contributed by atoms with van der Waals surface area (Å²) in [4.78, 5) is 22.4. The summed E-state index contributed by atoms with van der Waals surface area (Å²) in [5.41, 5.74) is 0.144. The first-order chi connectivity index (χ1) is 9.01. The maximum Gasteiger partial charge on any atom is 0.334 e. The number of amides is 1. The molecule has 1 aromatic rings. The van der Waals surface area contributed by atoms with E-state index in [0.717, 1.165) is 0 Å². The van der Waals surface area contributed by atoms with Crippen LogP contribution < -0.4 is 14.8 Å². The van der Waals surface area contributed by atoms with Crippen LogP contribution in [0.2, 0.25) is 0 Å². The first kappa shape index (κ1) is 14.8. The topological polar surface area (TPSA) is 105 Å². The molecule has 0 aliphatic heterocycles. The second-order valence-corrected chi connectivity index (χ2v) is 3.60. The van der Waals surface area contributed by atoms with Crippen LogP contribution in [0.5, 0.6) is 11.5 Å². The van der Waals surface area contributed by atoms with Gasteiger partial charge in [-0.25, -0.2) is 4.79 Å². The van der Waals surface area contributed by atoms with Crippen LogP contribution in [0.3, 0.4) is 0 Å². The summed E-state index contributed by atoms with van der Waals surface area (Å²) in [5.74, 6) is -1.41. The molecule has 7 heteroatoms. The molecule has 0 spiro atoms. The predicted molar refractivity (Wildman–Crippen MR) is 65.5 cm³/mol. The Morgan fingerprint density at radius 1 is 1.26 bits per heavy atom. The number of hydrogen-bond acceptors (Lipinski definition) is 5. The molecule has 0 aromatic heterocycles. The van der Waals surface area contributed by atoms with Gasteiger partial charge in [0.25, 0.3) is 5.91 Å². The van der Waals surface area contributed by atoms with E-state index in [2.05, 4.69) is 5.32 Å². The molecule has 0 bridgehead atoms. The molecule has 1 atom stereocenters. The number of aliphatic hydroxyl groups is 1. The molecule has 0 heterocycles. The number of benzene rings is 1. The van der Waals surface area contributed by atoms with E-state index >= 15 is 0 Å². The van der Waals surface area contributed by atoms with Gasteiger partial charge in [-0.2, -0.15) is 0 Å². The van der Waals surface area contributed by atoms with Crippen molar-refractivity contribution in [3.63, 3.8) is 0 Å². The van der Waals surface area contributed by atoms with E-state index in [0.29, 0.717) is 11.5 Å². The van der Waals surface area contributed by atoms with Crippen molar-refractivity contribution in [2.45, 2.75) is 6.10 Å². The van der Waals surface area contributed by atoms with Crippen LogP contribution in [0.25, 0.3) is 0 Å². The number of carboxylic acids is 1. The molecule has 0 saturated heterocycles. The van der Waals surface area contributed by atoms with Crippen molar-refractivity contribution >= 4 is 11.9 Å². The standard InChI is InChI=1S/C12H15NO6/c1-18-8-4-3-5-9(19-2)10(8)11(15)13-6-7(14)12(16)17/h3-5,7,14H,6H2,1-2H3,(H,13,15)(H,16,17). The molecular weight excluding hydrogens is 254 g/mol. The third-order valence-corrected chi connectivity index (χ3v) is 2.40. The molecule has 3 N–H and O–H groups in total. The lowest BCUT2D eigenvalue weighted by molar-refractivity contribution is -0.146. The number of aliphatic carboxylic acids is 1. The first-order valence-electron chi connectivity index (χ1n) is 5.41. The van der Waals surface area contributed by atoms with Gasteiger partial charge in [0.15, 0.2) is 6.10 Å². The zero-order valence-electron chi connectivity index (χ0n) is 10.5. The molecule has 0 aliphatic rings. The molecule has 104 valence electrons. The zero-order chi connectivity index (χ0) is 14.4.